The monoisotopic (exact) mass is 376 g/mol. The molecule has 3 aliphatic heterocycles. The van der Waals surface area contributed by atoms with Crippen molar-refractivity contribution in [2.24, 2.45) is 5.41 Å². The number of halogens is 1. The number of benzene rings is 1. The van der Waals surface area contributed by atoms with E-state index in [0.717, 1.165) is 51.9 Å². The number of aliphatic hydroxyl groups excluding tert-OH is 1. The van der Waals surface area contributed by atoms with Crippen LogP contribution in [0.3, 0.4) is 0 Å². The number of piperidine rings is 1. The van der Waals surface area contributed by atoms with Crippen LogP contribution in [-0.4, -0.2) is 72.4 Å². The van der Waals surface area contributed by atoms with Gasteiger partial charge in [0, 0.05) is 38.3 Å². The highest BCUT2D eigenvalue weighted by atomic mass is 19.1. The summed E-state index contributed by atoms with van der Waals surface area (Å²) in [6.07, 6.45) is 3.79. The molecule has 1 amide bonds. The molecule has 0 radical (unpaired) electrons. The molecule has 5 nitrogen and oxygen atoms in total. The largest absolute Gasteiger partial charge is 0.392 e. The van der Waals surface area contributed by atoms with Gasteiger partial charge in [0.15, 0.2) is 0 Å². The molecule has 4 rings (SSSR count). The van der Waals surface area contributed by atoms with Crippen LogP contribution >= 0.6 is 0 Å². The normalized spacial score (nSPS) is 28.2. The first-order valence-electron chi connectivity index (χ1n) is 10.0. The molecule has 3 aliphatic rings. The second-order valence-corrected chi connectivity index (χ2v) is 8.60. The van der Waals surface area contributed by atoms with E-state index in [9.17, 15) is 14.3 Å². The van der Waals surface area contributed by atoms with Gasteiger partial charge in [-0.1, -0.05) is 6.07 Å². The molecule has 3 fully saturated rings. The number of ether oxygens (including phenoxy) is 1. The number of rotatable bonds is 3. The average Bonchev–Trinajstić information content (AvgIpc) is 3.24. The molecule has 148 valence electrons. The van der Waals surface area contributed by atoms with Crippen LogP contribution in [0.15, 0.2) is 18.2 Å². The molecule has 0 saturated carbocycles. The zero-order valence-corrected chi connectivity index (χ0v) is 16.0. The van der Waals surface area contributed by atoms with Gasteiger partial charge in [0.1, 0.15) is 5.82 Å². The molecule has 3 saturated heterocycles. The Labute approximate surface area is 160 Å². The summed E-state index contributed by atoms with van der Waals surface area (Å²) in [6.45, 7) is 6.46. The van der Waals surface area contributed by atoms with E-state index in [1.807, 2.05) is 4.90 Å². The van der Waals surface area contributed by atoms with E-state index in [-0.39, 0.29) is 29.3 Å². The van der Waals surface area contributed by atoms with Crippen molar-refractivity contribution in [3.8, 4) is 0 Å². The van der Waals surface area contributed by atoms with Crippen LogP contribution in [0.4, 0.5) is 4.39 Å². The summed E-state index contributed by atoms with van der Waals surface area (Å²) in [6, 6.07) is 4.73. The average molecular weight is 376 g/mol. The lowest BCUT2D eigenvalue weighted by molar-refractivity contribution is 0.0451. The number of hydrogen-bond acceptors (Lipinski definition) is 4. The zero-order valence-electron chi connectivity index (χ0n) is 16.0. The first kappa shape index (κ1) is 18.8. The van der Waals surface area contributed by atoms with E-state index in [1.54, 1.807) is 19.1 Å². The number of carbonyl (C=O) groups is 1. The molecule has 0 aliphatic carbocycles. The maximum atomic E-state index is 13.8. The van der Waals surface area contributed by atoms with Crippen molar-refractivity contribution in [2.75, 3.05) is 39.3 Å². The molecule has 1 aromatic carbocycles. The fourth-order valence-electron chi connectivity index (χ4n) is 4.72. The Balaban J connectivity index is 1.31. The van der Waals surface area contributed by atoms with Gasteiger partial charge in [-0.2, -0.15) is 0 Å². The van der Waals surface area contributed by atoms with Crippen molar-refractivity contribution in [3.63, 3.8) is 0 Å². The Kier molecular flexibility index (Phi) is 5.23. The Morgan fingerprint density at radius 1 is 1.33 bits per heavy atom. The third-order valence-electron chi connectivity index (χ3n) is 6.53. The molecule has 0 bridgehead atoms. The molecule has 1 N–H and O–H groups in total. The molecule has 2 atom stereocenters. The molecule has 3 heterocycles. The Morgan fingerprint density at radius 2 is 2.11 bits per heavy atom. The smallest absolute Gasteiger partial charge is 0.253 e. The fourth-order valence-corrected chi connectivity index (χ4v) is 4.72. The topological polar surface area (TPSA) is 53.0 Å². The summed E-state index contributed by atoms with van der Waals surface area (Å²) in [5, 5.41) is 9.68. The minimum absolute atomic E-state index is 0.0785. The van der Waals surface area contributed by atoms with E-state index in [2.05, 4.69) is 4.90 Å². The van der Waals surface area contributed by atoms with Gasteiger partial charge in [-0.05, 0) is 55.7 Å². The minimum Gasteiger partial charge on any atom is -0.392 e. The SMILES string of the molecule is Cc1ccc(C(=O)N2CCC3(CC2)COC(CN2CCC(O)C2)C3)cc1F. The van der Waals surface area contributed by atoms with Crippen LogP contribution in [0.5, 0.6) is 0 Å². The number of aryl methyl sites for hydroxylation is 1. The number of hydrogen-bond donors (Lipinski definition) is 1. The van der Waals surface area contributed by atoms with Crippen molar-refractivity contribution < 1.29 is 19.0 Å². The van der Waals surface area contributed by atoms with Gasteiger partial charge in [0.25, 0.3) is 5.91 Å². The lowest BCUT2D eigenvalue weighted by Gasteiger charge is -2.38. The zero-order chi connectivity index (χ0) is 19.0. The van der Waals surface area contributed by atoms with Crippen LogP contribution in [-0.2, 0) is 4.74 Å². The molecular formula is C21H29FN2O3. The number of nitrogens with zero attached hydrogens (tertiary/aromatic N) is 2. The van der Waals surface area contributed by atoms with Crippen molar-refractivity contribution in [1.82, 2.24) is 9.80 Å². The molecule has 0 aromatic heterocycles. The summed E-state index contributed by atoms with van der Waals surface area (Å²) in [5.41, 5.74) is 1.16. The quantitative estimate of drug-likeness (QED) is 0.879. The minimum atomic E-state index is -0.326. The first-order chi connectivity index (χ1) is 12.9. The molecule has 6 heteroatoms. The second-order valence-electron chi connectivity index (χ2n) is 8.60. The van der Waals surface area contributed by atoms with Gasteiger partial charge in [-0.3, -0.25) is 9.69 Å². The number of likely N-dealkylation sites (tertiary alicyclic amines) is 2. The van der Waals surface area contributed by atoms with Gasteiger partial charge in [0.05, 0.1) is 18.8 Å². The van der Waals surface area contributed by atoms with E-state index in [0.29, 0.717) is 24.2 Å². The molecule has 1 spiro atoms. The third-order valence-corrected chi connectivity index (χ3v) is 6.53. The summed E-state index contributed by atoms with van der Waals surface area (Å²) in [5.74, 6) is -0.404. The standard InChI is InChI=1S/C21H29FN2O3/c1-15-2-3-16(10-19(15)22)20(26)24-8-5-21(6-9-24)11-18(27-14-21)13-23-7-4-17(25)12-23/h2-3,10,17-18,25H,4-9,11-14H2,1H3. The first-order valence-corrected chi connectivity index (χ1v) is 10.0. The van der Waals surface area contributed by atoms with E-state index in [1.165, 1.54) is 6.07 Å². The number of carbonyl (C=O) groups excluding carboxylic acids is 1. The van der Waals surface area contributed by atoms with Crippen molar-refractivity contribution in [2.45, 2.75) is 44.8 Å². The van der Waals surface area contributed by atoms with Crippen molar-refractivity contribution in [3.05, 3.63) is 35.1 Å². The van der Waals surface area contributed by atoms with Crippen molar-refractivity contribution in [1.29, 1.82) is 0 Å². The number of aliphatic hydroxyl groups is 1. The Morgan fingerprint density at radius 3 is 2.78 bits per heavy atom. The molecule has 2 unspecified atom stereocenters. The van der Waals surface area contributed by atoms with Gasteiger partial charge in [0.2, 0.25) is 0 Å². The van der Waals surface area contributed by atoms with Gasteiger partial charge in [-0.15, -0.1) is 0 Å². The number of amides is 1. The Hall–Kier alpha value is -1.50. The van der Waals surface area contributed by atoms with Crippen LogP contribution in [0.25, 0.3) is 0 Å². The summed E-state index contributed by atoms with van der Waals surface area (Å²) in [7, 11) is 0. The maximum absolute atomic E-state index is 13.8. The molecule has 1 aromatic rings. The molecular weight excluding hydrogens is 347 g/mol. The number of β-amino-alcohol motifs (C(OH)–C–C–N with tert-alkyl or cyclic N) is 1. The van der Waals surface area contributed by atoms with E-state index < -0.39 is 0 Å². The van der Waals surface area contributed by atoms with Crippen LogP contribution < -0.4 is 0 Å². The van der Waals surface area contributed by atoms with Crippen molar-refractivity contribution >= 4 is 5.91 Å². The maximum Gasteiger partial charge on any atom is 0.253 e. The van der Waals surface area contributed by atoms with Crippen LogP contribution in [0.1, 0.15) is 41.6 Å². The lowest BCUT2D eigenvalue weighted by Crippen LogP contribution is -2.43. The summed E-state index contributed by atoms with van der Waals surface area (Å²) in [4.78, 5) is 16.8. The van der Waals surface area contributed by atoms with Gasteiger partial charge >= 0.3 is 0 Å². The van der Waals surface area contributed by atoms with Crippen LogP contribution in [0, 0.1) is 18.2 Å². The lowest BCUT2D eigenvalue weighted by atomic mass is 9.76. The van der Waals surface area contributed by atoms with E-state index in [4.69, 9.17) is 4.74 Å². The summed E-state index contributed by atoms with van der Waals surface area (Å²) < 4.78 is 19.9. The highest BCUT2D eigenvalue weighted by Gasteiger charge is 2.43. The van der Waals surface area contributed by atoms with Gasteiger partial charge < -0.3 is 14.7 Å². The molecule has 27 heavy (non-hydrogen) atoms. The van der Waals surface area contributed by atoms with Gasteiger partial charge in [-0.25, -0.2) is 4.39 Å². The second kappa shape index (κ2) is 7.49. The van der Waals surface area contributed by atoms with E-state index >= 15 is 0 Å². The fraction of sp³-hybridized carbons (Fsp3) is 0.667. The predicted molar refractivity (Wildman–Crippen MR) is 100 cm³/mol. The Bertz CT molecular complexity index is 703. The highest BCUT2D eigenvalue weighted by Crippen LogP contribution is 2.42. The summed E-state index contributed by atoms with van der Waals surface area (Å²) >= 11 is 0. The predicted octanol–water partition coefficient (Wildman–Crippen LogP) is 2.21. The highest BCUT2D eigenvalue weighted by molar-refractivity contribution is 5.94. The van der Waals surface area contributed by atoms with Crippen LogP contribution in [0.2, 0.25) is 0 Å². The third kappa shape index (κ3) is 4.03.